The van der Waals surface area contributed by atoms with Gasteiger partial charge in [0.25, 0.3) is 0 Å². The van der Waals surface area contributed by atoms with E-state index in [1.165, 1.54) is 0 Å². The molecule has 1 aliphatic heterocycles. The number of aliphatic hydroxyl groups excluding tert-OH is 1. The fraction of sp³-hybridized carbons (Fsp3) is 0.500. The maximum Gasteiger partial charge on any atom is 0.242 e. The summed E-state index contributed by atoms with van der Waals surface area (Å²) in [5, 5.41) is 12.2. The van der Waals surface area contributed by atoms with Crippen LogP contribution in [0.4, 0.5) is 0 Å². The van der Waals surface area contributed by atoms with Gasteiger partial charge in [0.2, 0.25) is 5.91 Å². The molecule has 0 spiro atoms. The lowest BCUT2D eigenvalue weighted by Gasteiger charge is -2.24. The first kappa shape index (κ1) is 14.0. The zero-order valence-electron chi connectivity index (χ0n) is 10.8. The number of benzene rings is 1. The molecule has 2 rings (SSSR count). The van der Waals surface area contributed by atoms with Crippen LogP contribution in [0.2, 0.25) is 0 Å². The number of nitrogens with one attached hydrogen (secondary N) is 1. The van der Waals surface area contributed by atoms with Gasteiger partial charge in [0.1, 0.15) is 5.54 Å². The van der Waals surface area contributed by atoms with Crippen LogP contribution in [0.5, 0.6) is 0 Å². The topological polar surface area (TPSA) is 84.6 Å². The summed E-state index contributed by atoms with van der Waals surface area (Å²) in [5.74, 6) is -0.250. The van der Waals surface area contributed by atoms with Crippen LogP contribution in [0.25, 0.3) is 0 Å². The molecule has 2 atom stereocenters. The van der Waals surface area contributed by atoms with E-state index in [4.69, 9.17) is 10.5 Å². The average molecular weight is 264 g/mol. The van der Waals surface area contributed by atoms with Crippen molar-refractivity contribution < 1.29 is 14.6 Å². The molecular weight excluding hydrogens is 244 g/mol. The second kappa shape index (κ2) is 6.14. The number of ether oxygens (including phenoxy) is 1. The minimum atomic E-state index is -0.954. The SMILES string of the molecule is NC1(C(=O)N[C@H](CO)Cc2ccccc2)CCOC1. The number of hydrogen-bond donors (Lipinski definition) is 3. The Morgan fingerprint density at radius 1 is 1.47 bits per heavy atom. The molecule has 1 aliphatic rings. The fourth-order valence-corrected chi connectivity index (χ4v) is 2.15. The van der Waals surface area contributed by atoms with Crippen LogP contribution in [-0.2, 0) is 16.0 Å². The second-order valence-electron chi connectivity index (χ2n) is 5.00. The van der Waals surface area contributed by atoms with Gasteiger partial charge in [-0.3, -0.25) is 4.79 Å². The minimum Gasteiger partial charge on any atom is -0.394 e. The molecule has 1 aromatic carbocycles. The van der Waals surface area contributed by atoms with Gasteiger partial charge in [-0.1, -0.05) is 30.3 Å². The van der Waals surface area contributed by atoms with E-state index in [-0.39, 0.29) is 25.2 Å². The van der Waals surface area contributed by atoms with Crippen molar-refractivity contribution in [2.75, 3.05) is 19.8 Å². The molecule has 1 aromatic rings. The van der Waals surface area contributed by atoms with Crippen LogP contribution >= 0.6 is 0 Å². The average Bonchev–Trinajstić information content (AvgIpc) is 2.87. The van der Waals surface area contributed by atoms with Crippen molar-refractivity contribution in [1.29, 1.82) is 0 Å². The second-order valence-corrected chi connectivity index (χ2v) is 5.00. The van der Waals surface area contributed by atoms with Crippen LogP contribution in [-0.4, -0.2) is 42.4 Å². The Morgan fingerprint density at radius 3 is 2.79 bits per heavy atom. The van der Waals surface area contributed by atoms with Crippen molar-refractivity contribution in [3.8, 4) is 0 Å². The zero-order chi connectivity index (χ0) is 13.7. The third-order valence-electron chi connectivity index (χ3n) is 3.38. The van der Waals surface area contributed by atoms with E-state index in [1.807, 2.05) is 30.3 Å². The highest BCUT2D eigenvalue weighted by molar-refractivity contribution is 5.86. The molecule has 1 unspecified atom stereocenters. The molecule has 19 heavy (non-hydrogen) atoms. The lowest BCUT2D eigenvalue weighted by Crippen LogP contribution is -2.57. The summed E-state index contributed by atoms with van der Waals surface area (Å²) < 4.78 is 5.17. The number of amides is 1. The van der Waals surface area contributed by atoms with E-state index < -0.39 is 5.54 Å². The standard InChI is InChI=1S/C14H20N2O3/c15-14(6-7-19-10-14)13(18)16-12(9-17)8-11-4-2-1-3-5-11/h1-5,12,17H,6-10,15H2,(H,16,18)/t12-,14?/m0/s1. The first-order chi connectivity index (χ1) is 9.14. The predicted molar refractivity (Wildman–Crippen MR) is 71.5 cm³/mol. The zero-order valence-corrected chi connectivity index (χ0v) is 10.8. The Balaban J connectivity index is 1.94. The molecule has 0 saturated carbocycles. The summed E-state index contributed by atoms with van der Waals surface area (Å²) in [6.45, 7) is 0.631. The maximum atomic E-state index is 12.1. The molecule has 5 heteroatoms. The fourth-order valence-electron chi connectivity index (χ4n) is 2.15. The van der Waals surface area contributed by atoms with Crippen molar-refractivity contribution in [3.63, 3.8) is 0 Å². The van der Waals surface area contributed by atoms with Crippen molar-refractivity contribution in [1.82, 2.24) is 5.32 Å². The maximum absolute atomic E-state index is 12.1. The van der Waals surface area contributed by atoms with Gasteiger partial charge in [-0.15, -0.1) is 0 Å². The Bertz CT molecular complexity index is 416. The van der Waals surface area contributed by atoms with E-state index in [9.17, 15) is 9.90 Å². The molecule has 104 valence electrons. The van der Waals surface area contributed by atoms with Gasteiger partial charge in [-0.05, 0) is 18.4 Å². The quantitative estimate of drug-likeness (QED) is 0.689. The van der Waals surface area contributed by atoms with Gasteiger partial charge >= 0.3 is 0 Å². The Hall–Kier alpha value is -1.43. The molecule has 5 nitrogen and oxygen atoms in total. The van der Waals surface area contributed by atoms with Gasteiger partial charge < -0.3 is 20.9 Å². The largest absolute Gasteiger partial charge is 0.394 e. The summed E-state index contributed by atoms with van der Waals surface area (Å²) in [7, 11) is 0. The van der Waals surface area contributed by atoms with Crippen molar-refractivity contribution >= 4 is 5.91 Å². The van der Waals surface area contributed by atoms with E-state index in [0.717, 1.165) is 5.56 Å². The summed E-state index contributed by atoms with van der Waals surface area (Å²) in [6.07, 6.45) is 1.10. The van der Waals surface area contributed by atoms with Gasteiger partial charge in [0.05, 0.1) is 19.3 Å². The molecule has 0 aromatic heterocycles. The highest BCUT2D eigenvalue weighted by Crippen LogP contribution is 2.16. The Kier molecular flexibility index (Phi) is 4.52. The molecule has 1 amide bonds. The smallest absolute Gasteiger partial charge is 0.242 e. The highest BCUT2D eigenvalue weighted by atomic mass is 16.5. The summed E-state index contributed by atoms with van der Waals surface area (Å²) in [5.41, 5.74) is 6.09. The summed E-state index contributed by atoms with van der Waals surface area (Å²) in [4.78, 5) is 12.1. The monoisotopic (exact) mass is 264 g/mol. The number of aliphatic hydroxyl groups is 1. The number of carbonyl (C=O) groups excluding carboxylic acids is 1. The highest BCUT2D eigenvalue weighted by Gasteiger charge is 2.38. The number of rotatable bonds is 5. The van der Waals surface area contributed by atoms with Crippen molar-refractivity contribution in [3.05, 3.63) is 35.9 Å². The van der Waals surface area contributed by atoms with Gasteiger partial charge in [-0.25, -0.2) is 0 Å². The van der Waals surface area contributed by atoms with E-state index in [2.05, 4.69) is 5.32 Å². The molecule has 0 aliphatic carbocycles. The normalized spacial score (nSPS) is 24.1. The minimum absolute atomic E-state index is 0.114. The van der Waals surface area contributed by atoms with Crippen LogP contribution in [0.15, 0.2) is 30.3 Å². The van der Waals surface area contributed by atoms with Crippen molar-refractivity contribution in [2.45, 2.75) is 24.4 Å². The molecule has 1 saturated heterocycles. The first-order valence-corrected chi connectivity index (χ1v) is 6.46. The van der Waals surface area contributed by atoms with E-state index >= 15 is 0 Å². The van der Waals surface area contributed by atoms with Crippen molar-refractivity contribution in [2.24, 2.45) is 5.73 Å². The molecule has 4 N–H and O–H groups in total. The predicted octanol–water partition coefficient (Wildman–Crippen LogP) is -0.176. The summed E-state index contributed by atoms with van der Waals surface area (Å²) >= 11 is 0. The van der Waals surface area contributed by atoms with Crippen LogP contribution in [0.3, 0.4) is 0 Å². The Labute approximate surface area is 112 Å². The Morgan fingerprint density at radius 2 is 2.21 bits per heavy atom. The molecule has 1 fully saturated rings. The van der Waals surface area contributed by atoms with Crippen LogP contribution < -0.4 is 11.1 Å². The van der Waals surface area contributed by atoms with Gasteiger partial charge in [-0.2, -0.15) is 0 Å². The lowest BCUT2D eigenvalue weighted by molar-refractivity contribution is -0.127. The summed E-state index contributed by atoms with van der Waals surface area (Å²) in [6, 6.07) is 9.40. The molecule has 0 radical (unpaired) electrons. The third-order valence-corrected chi connectivity index (χ3v) is 3.38. The van der Waals surface area contributed by atoms with Gasteiger partial charge in [0, 0.05) is 6.61 Å². The number of nitrogens with two attached hydrogens (primary N) is 1. The number of carbonyl (C=O) groups is 1. The van der Waals surface area contributed by atoms with Crippen LogP contribution in [0, 0.1) is 0 Å². The van der Waals surface area contributed by atoms with Crippen LogP contribution in [0.1, 0.15) is 12.0 Å². The third kappa shape index (κ3) is 3.53. The molecular formula is C14H20N2O3. The lowest BCUT2D eigenvalue weighted by atomic mass is 9.98. The molecule has 1 heterocycles. The van der Waals surface area contributed by atoms with E-state index in [0.29, 0.717) is 19.4 Å². The van der Waals surface area contributed by atoms with E-state index in [1.54, 1.807) is 0 Å². The number of hydrogen-bond acceptors (Lipinski definition) is 4. The molecule has 0 bridgehead atoms. The van der Waals surface area contributed by atoms with Gasteiger partial charge in [0.15, 0.2) is 0 Å². The first-order valence-electron chi connectivity index (χ1n) is 6.46.